The number of carbonyl (C=O) groups excluding carboxylic acids is 1. The first-order chi connectivity index (χ1) is 31.5. The molecule has 66 heavy (non-hydrogen) atoms. The Bertz CT molecular complexity index is 2760. The minimum Gasteiger partial charge on any atom is -0.452 e. The summed E-state index contributed by atoms with van der Waals surface area (Å²) < 4.78 is 65.5. The highest BCUT2D eigenvalue weighted by Crippen LogP contribution is 2.49. The molecular formula is C49H57F2N7O7S. The summed E-state index contributed by atoms with van der Waals surface area (Å²) in [7, 11) is -4.70. The van der Waals surface area contributed by atoms with Gasteiger partial charge in [-0.3, -0.25) is 19.8 Å². The molecule has 4 aliphatic rings. The molecule has 4 fully saturated rings. The van der Waals surface area contributed by atoms with Gasteiger partial charge >= 0.3 is 0 Å². The first-order valence-electron chi connectivity index (χ1n) is 23.0. The third-order valence-corrected chi connectivity index (χ3v) is 16.0. The fourth-order valence-corrected chi connectivity index (χ4v) is 11.8. The lowest BCUT2D eigenvalue weighted by Gasteiger charge is -2.57. The quantitative estimate of drug-likeness (QED) is 0.0502. The molecule has 17 heteroatoms. The zero-order chi connectivity index (χ0) is 46.5. The number of ether oxygens (including phenoxy) is 1. The zero-order valence-electron chi connectivity index (χ0n) is 37.5. The number of aromatic nitrogens is 2. The fourth-order valence-electron chi connectivity index (χ4n) is 10.8. The van der Waals surface area contributed by atoms with Crippen LogP contribution in [-0.4, -0.2) is 83.6 Å². The van der Waals surface area contributed by atoms with E-state index in [-0.39, 0.29) is 39.4 Å². The van der Waals surface area contributed by atoms with E-state index in [9.17, 15) is 32.8 Å². The number of likely N-dealkylation sites (tertiary alicyclic amines) is 1. The molecule has 2 aromatic heterocycles. The van der Waals surface area contributed by atoms with Gasteiger partial charge in [0.05, 0.1) is 26.4 Å². The molecule has 4 N–H and O–H groups in total. The predicted octanol–water partition coefficient (Wildman–Crippen LogP) is 9.38. The van der Waals surface area contributed by atoms with Crippen LogP contribution in [-0.2, 0) is 10.0 Å². The van der Waals surface area contributed by atoms with Crippen LogP contribution in [0.2, 0.25) is 0 Å². The predicted molar refractivity (Wildman–Crippen MR) is 248 cm³/mol. The Labute approximate surface area is 383 Å². The van der Waals surface area contributed by atoms with Crippen molar-refractivity contribution in [3.8, 4) is 11.5 Å². The summed E-state index contributed by atoms with van der Waals surface area (Å²) in [4.78, 5) is 36.1. The van der Waals surface area contributed by atoms with Gasteiger partial charge in [-0.2, -0.15) is 9.37 Å². The average Bonchev–Trinajstić information content (AvgIpc) is 3.91. The number of hydrogen-bond acceptors (Lipinski definition) is 11. The Hall–Kier alpha value is -5.65. The Morgan fingerprint density at radius 3 is 2.47 bits per heavy atom. The van der Waals surface area contributed by atoms with Gasteiger partial charge < -0.3 is 25.0 Å². The molecule has 2 aliphatic carbocycles. The summed E-state index contributed by atoms with van der Waals surface area (Å²) >= 11 is 0. The second-order valence-corrected chi connectivity index (χ2v) is 21.2. The van der Waals surface area contributed by atoms with E-state index in [4.69, 9.17) is 4.74 Å². The van der Waals surface area contributed by atoms with E-state index >= 15 is 4.39 Å². The molecule has 350 valence electrons. The first kappa shape index (κ1) is 45.5. The van der Waals surface area contributed by atoms with Gasteiger partial charge in [0.1, 0.15) is 22.9 Å². The molecule has 5 aromatic rings. The number of aliphatic hydroxyl groups is 1. The highest BCUT2D eigenvalue weighted by Gasteiger charge is 2.49. The van der Waals surface area contributed by atoms with E-state index in [1.807, 2.05) is 4.72 Å². The van der Waals surface area contributed by atoms with Crippen molar-refractivity contribution in [2.75, 3.05) is 42.9 Å². The Morgan fingerprint density at radius 1 is 1.00 bits per heavy atom. The summed E-state index contributed by atoms with van der Waals surface area (Å²) in [6, 6.07) is 18.5. The summed E-state index contributed by atoms with van der Waals surface area (Å²) in [5, 5.41) is 25.5. The van der Waals surface area contributed by atoms with Crippen molar-refractivity contribution in [3.05, 3.63) is 111 Å². The molecule has 2 saturated carbocycles. The van der Waals surface area contributed by atoms with Crippen LogP contribution in [0.25, 0.3) is 11.0 Å². The van der Waals surface area contributed by atoms with E-state index in [0.29, 0.717) is 56.0 Å². The molecule has 0 bridgehead atoms. The molecule has 2 aliphatic heterocycles. The summed E-state index contributed by atoms with van der Waals surface area (Å²) in [5.41, 5.74) is 2.33. The molecule has 1 amide bonds. The fraction of sp³-hybridized carbons (Fsp3) is 0.469. The number of nitrogens with one attached hydrogen (secondary N) is 3. The Kier molecular flexibility index (Phi) is 12.3. The van der Waals surface area contributed by atoms with E-state index < -0.39 is 54.6 Å². The minimum absolute atomic E-state index is 0.0469. The molecule has 2 atom stereocenters. The number of hydrogen-bond donors (Lipinski definition) is 4. The maximum atomic E-state index is 15.4. The number of nitrogens with zero attached hydrogens (tertiary/aromatic N) is 4. The maximum Gasteiger partial charge on any atom is 0.293 e. The number of sulfonamides is 1. The minimum atomic E-state index is -4.70. The molecular weight excluding hydrogens is 869 g/mol. The highest BCUT2D eigenvalue weighted by atomic mass is 32.2. The van der Waals surface area contributed by atoms with Crippen molar-refractivity contribution >= 4 is 44.0 Å². The van der Waals surface area contributed by atoms with E-state index in [1.165, 1.54) is 54.7 Å². The number of aromatic amines is 1. The van der Waals surface area contributed by atoms with Crippen LogP contribution in [0.4, 0.5) is 25.8 Å². The van der Waals surface area contributed by atoms with Crippen molar-refractivity contribution in [1.82, 2.24) is 19.6 Å². The number of benzene rings is 3. The van der Waals surface area contributed by atoms with Crippen LogP contribution in [0.5, 0.6) is 11.5 Å². The molecule has 9 rings (SSSR count). The number of H-pyrrole nitrogens is 1. The topological polar surface area (TPSA) is 183 Å². The number of halogens is 2. The molecule has 2 saturated heterocycles. The number of rotatable bonds is 13. The van der Waals surface area contributed by atoms with Gasteiger partial charge in [-0.15, -0.1) is 0 Å². The molecule has 0 unspecified atom stereocenters. The van der Waals surface area contributed by atoms with Crippen molar-refractivity contribution < 1.29 is 36.8 Å². The molecule has 1 spiro atoms. The number of nitro groups is 1. The first-order valence-corrected chi connectivity index (χ1v) is 24.5. The molecule has 14 nitrogen and oxygen atoms in total. The van der Waals surface area contributed by atoms with Crippen molar-refractivity contribution in [2.24, 2.45) is 11.3 Å². The van der Waals surface area contributed by atoms with Gasteiger partial charge in [0, 0.05) is 62.8 Å². The Balaban J connectivity index is 0.917. The second kappa shape index (κ2) is 17.9. The van der Waals surface area contributed by atoms with Gasteiger partial charge in [-0.05, 0) is 123 Å². The van der Waals surface area contributed by atoms with E-state index in [2.05, 4.69) is 63.2 Å². The smallest absolute Gasteiger partial charge is 0.293 e. The number of pyridine rings is 1. The van der Waals surface area contributed by atoms with Gasteiger partial charge in [0.2, 0.25) is 0 Å². The number of nitro benzene ring substituents is 1. The summed E-state index contributed by atoms with van der Waals surface area (Å²) in [6.45, 7) is 10.2. The van der Waals surface area contributed by atoms with Crippen LogP contribution in [0.1, 0.15) is 112 Å². The van der Waals surface area contributed by atoms with Crippen LogP contribution >= 0.6 is 0 Å². The number of piperidine rings is 1. The van der Waals surface area contributed by atoms with E-state index in [1.54, 1.807) is 13.0 Å². The number of carbonyl (C=O) groups is 1. The molecule has 3 aromatic carbocycles. The van der Waals surface area contributed by atoms with Crippen LogP contribution in [0.3, 0.4) is 0 Å². The third kappa shape index (κ3) is 9.21. The van der Waals surface area contributed by atoms with Crippen LogP contribution in [0, 0.1) is 33.2 Å². The SMILES string of the molecule is CC(C)c1ccccc1[C@@H]1CCC[C@@H]1N1CC2(CCN(c3ccc(C(=O)NS(=O)(=O)c4ccc(NCC5CCC(C)(O)CC5)c([N+](=O)[O-])c4)c(Oc4cc5c(F)c[nH]c5nc4F)c3)CC2)C1. The largest absolute Gasteiger partial charge is 0.452 e. The second-order valence-electron chi connectivity index (χ2n) is 19.6. The van der Waals surface area contributed by atoms with Gasteiger partial charge in [-0.25, -0.2) is 17.5 Å². The van der Waals surface area contributed by atoms with Gasteiger partial charge in [0.25, 0.3) is 27.6 Å². The number of amides is 1. The van der Waals surface area contributed by atoms with Crippen molar-refractivity contribution in [2.45, 2.75) is 107 Å². The summed E-state index contributed by atoms with van der Waals surface area (Å²) in [6.07, 6.45) is 9.19. The molecule has 0 radical (unpaired) electrons. The average molecular weight is 926 g/mol. The normalized spacial score (nSPS) is 23.3. The van der Waals surface area contributed by atoms with Gasteiger partial charge in [0.15, 0.2) is 5.75 Å². The summed E-state index contributed by atoms with van der Waals surface area (Å²) in [5.74, 6) is -2.44. The third-order valence-electron chi connectivity index (χ3n) is 14.7. The number of fused-ring (bicyclic) bond motifs is 1. The van der Waals surface area contributed by atoms with Crippen LogP contribution in [0.15, 0.2) is 77.8 Å². The number of anilines is 2. The zero-order valence-corrected chi connectivity index (χ0v) is 38.3. The maximum absolute atomic E-state index is 15.4. The monoisotopic (exact) mass is 925 g/mol. The van der Waals surface area contributed by atoms with Gasteiger partial charge in [-0.1, -0.05) is 44.5 Å². The Morgan fingerprint density at radius 2 is 1.74 bits per heavy atom. The molecule has 4 heterocycles. The lowest BCUT2D eigenvalue weighted by molar-refractivity contribution is -0.384. The standard InChI is InChI=1S/C49H57F2N7O7S/c1-30(2)34-7-4-5-8-35(34)36-9-6-10-41(36)57-28-49(29-57)19-21-56(22-20-49)32-11-13-37(43(23-32)65-44-25-38-39(50)27-53-46(38)54-45(44)51)47(59)55-66(63,64)33-12-14-40(42(24-33)58(61)62)52-26-31-15-17-48(3,60)18-16-31/h4-5,7-8,11-14,23-25,27,30-31,36,41,52,60H,6,9-10,15-22,26,28-29H2,1-3H3,(H,53,54)(H,55,59)/t31?,36-,41-,48?/m0/s1. The lowest BCUT2D eigenvalue weighted by atomic mass is 9.70. The lowest BCUT2D eigenvalue weighted by Crippen LogP contribution is -2.63. The van der Waals surface area contributed by atoms with Crippen molar-refractivity contribution in [3.63, 3.8) is 0 Å². The van der Waals surface area contributed by atoms with Crippen molar-refractivity contribution in [1.29, 1.82) is 0 Å². The highest BCUT2D eigenvalue weighted by molar-refractivity contribution is 7.90. The van der Waals surface area contributed by atoms with Crippen LogP contribution < -0.4 is 19.7 Å². The van der Waals surface area contributed by atoms with E-state index in [0.717, 1.165) is 57.1 Å².